The molecule has 16 heavy (non-hydrogen) atoms. The van der Waals surface area contributed by atoms with E-state index in [9.17, 15) is 14.3 Å². The van der Waals surface area contributed by atoms with E-state index in [1.54, 1.807) is 0 Å². The van der Waals surface area contributed by atoms with Crippen molar-refractivity contribution in [1.29, 1.82) is 0 Å². The van der Waals surface area contributed by atoms with Crippen molar-refractivity contribution in [1.82, 2.24) is 0 Å². The molecule has 0 fully saturated rings. The number of hydrogen-bond donors (Lipinski definition) is 1. The summed E-state index contributed by atoms with van der Waals surface area (Å²) >= 11 is 0. The van der Waals surface area contributed by atoms with Gasteiger partial charge in [0, 0.05) is 5.39 Å². The van der Waals surface area contributed by atoms with Gasteiger partial charge in [0.25, 0.3) is 0 Å². The molecule has 1 N–H and O–H groups in total. The fraction of sp³-hybridized carbons (Fsp3) is 0.0833. The number of esters is 1. The van der Waals surface area contributed by atoms with E-state index in [-0.39, 0.29) is 11.3 Å². The molecule has 0 heterocycles. The standard InChI is InChI=1S/C12H9FO3/c1-16-12(15)8-4-7-5-9(13)2-3-10(7)11(14)6-8/h2-6,14H,1H3. The average molecular weight is 220 g/mol. The van der Waals surface area contributed by atoms with Crippen LogP contribution in [0.1, 0.15) is 10.4 Å². The van der Waals surface area contributed by atoms with E-state index in [0.717, 1.165) is 0 Å². The summed E-state index contributed by atoms with van der Waals surface area (Å²) in [5.74, 6) is -1.06. The lowest BCUT2D eigenvalue weighted by molar-refractivity contribution is 0.0600. The lowest BCUT2D eigenvalue weighted by Crippen LogP contribution is -2.00. The normalized spacial score (nSPS) is 10.4. The van der Waals surface area contributed by atoms with Crippen LogP contribution in [0, 0.1) is 5.82 Å². The average Bonchev–Trinajstić information content (AvgIpc) is 2.27. The van der Waals surface area contributed by atoms with E-state index < -0.39 is 11.8 Å². The molecule has 0 aliphatic rings. The van der Waals surface area contributed by atoms with Crippen molar-refractivity contribution in [2.24, 2.45) is 0 Å². The van der Waals surface area contributed by atoms with E-state index in [1.165, 1.54) is 37.4 Å². The highest BCUT2D eigenvalue weighted by Gasteiger charge is 2.10. The molecule has 82 valence electrons. The van der Waals surface area contributed by atoms with Crippen molar-refractivity contribution in [3.8, 4) is 5.75 Å². The molecule has 0 spiro atoms. The highest BCUT2D eigenvalue weighted by molar-refractivity contribution is 5.98. The zero-order chi connectivity index (χ0) is 11.7. The Morgan fingerprint density at radius 3 is 2.75 bits per heavy atom. The van der Waals surface area contributed by atoms with Crippen LogP contribution in [0.3, 0.4) is 0 Å². The predicted molar refractivity (Wildman–Crippen MR) is 56.9 cm³/mol. The van der Waals surface area contributed by atoms with E-state index >= 15 is 0 Å². The molecule has 0 atom stereocenters. The van der Waals surface area contributed by atoms with Crippen LogP contribution in [0.5, 0.6) is 5.75 Å². The number of hydrogen-bond acceptors (Lipinski definition) is 3. The number of rotatable bonds is 1. The molecule has 3 nitrogen and oxygen atoms in total. The van der Waals surface area contributed by atoms with Gasteiger partial charge in [0.1, 0.15) is 11.6 Å². The van der Waals surface area contributed by atoms with Crippen LogP contribution in [-0.4, -0.2) is 18.2 Å². The molecule has 0 aromatic heterocycles. The van der Waals surface area contributed by atoms with Crippen LogP contribution < -0.4 is 0 Å². The van der Waals surface area contributed by atoms with Crippen LogP contribution in [0.15, 0.2) is 30.3 Å². The number of benzene rings is 2. The number of fused-ring (bicyclic) bond motifs is 1. The third kappa shape index (κ3) is 1.69. The van der Waals surface area contributed by atoms with Gasteiger partial charge in [0.15, 0.2) is 0 Å². The van der Waals surface area contributed by atoms with E-state index in [2.05, 4.69) is 4.74 Å². The van der Waals surface area contributed by atoms with Gasteiger partial charge in [0.05, 0.1) is 12.7 Å². The maximum atomic E-state index is 13.0. The SMILES string of the molecule is COC(=O)c1cc(O)c2ccc(F)cc2c1. The van der Waals surface area contributed by atoms with Gasteiger partial charge in [-0.2, -0.15) is 0 Å². The molecule has 0 bridgehead atoms. The molecule has 2 rings (SSSR count). The number of carbonyl (C=O) groups excluding carboxylic acids is 1. The van der Waals surface area contributed by atoms with Gasteiger partial charge in [-0.15, -0.1) is 0 Å². The molecule has 0 aliphatic heterocycles. The van der Waals surface area contributed by atoms with Crippen molar-refractivity contribution in [3.05, 3.63) is 41.7 Å². The Balaban J connectivity index is 2.69. The molecule has 0 saturated heterocycles. The summed E-state index contributed by atoms with van der Waals surface area (Å²) in [7, 11) is 1.25. The highest BCUT2D eigenvalue weighted by Crippen LogP contribution is 2.27. The largest absolute Gasteiger partial charge is 0.507 e. The van der Waals surface area contributed by atoms with Crippen LogP contribution in [0.4, 0.5) is 4.39 Å². The lowest BCUT2D eigenvalue weighted by Gasteiger charge is -2.04. The first kappa shape index (κ1) is 10.4. The van der Waals surface area contributed by atoms with E-state index in [0.29, 0.717) is 10.8 Å². The minimum Gasteiger partial charge on any atom is -0.507 e. The molecular weight excluding hydrogens is 211 g/mol. The van der Waals surface area contributed by atoms with Gasteiger partial charge < -0.3 is 9.84 Å². The van der Waals surface area contributed by atoms with Gasteiger partial charge >= 0.3 is 5.97 Å². The van der Waals surface area contributed by atoms with Gasteiger partial charge in [-0.1, -0.05) is 0 Å². The van der Waals surface area contributed by atoms with Crippen LogP contribution >= 0.6 is 0 Å². The van der Waals surface area contributed by atoms with E-state index in [1.807, 2.05) is 0 Å². The summed E-state index contributed by atoms with van der Waals surface area (Å²) in [5, 5.41) is 10.6. The molecule has 0 unspecified atom stereocenters. The lowest BCUT2D eigenvalue weighted by atomic mass is 10.1. The number of carbonyl (C=O) groups is 1. The summed E-state index contributed by atoms with van der Waals surface area (Å²) in [5.41, 5.74) is 0.193. The fourth-order valence-electron chi connectivity index (χ4n) is 1.56. The van der Waals surface area contributed by atoms with Crippen LogP contribution in [0.25, 0.3) is 10.8 Å². The first-order valence-corrected chi connectivity index (χ1v) is 4.62. The Hall–Kier alpha value is -2.10. The molecule has 0 aliphatic carbocycles. The Kier molecular flexibility index (Phi) is 2.48. The second kappa shape index (κ2) is 3.81. The molecule has 2 aromatic carbocycles. The van der Waals surface area contributed by atoms with Crippen LogP contribution in [-0.2, 0) is 4.74 Å². The highest BCUT2D eigenvalue weighted by atomic mass is 19.1. The molecule has 0 radical (unpaired) electrons. The van der Waals surface area contributed by atoms with Gasteiger partial charge in [-0.3, -0.25) is 0 Å². The number of phenolic OH excluding ortho intramolecular Hbond substituents is 1. The number of phenols is 1. The van der Waals surface area contributed by atoms with Gasteiger partial charge in [-0.25, -0.2) is 9.18 Å². The second-order valence-electron chi connectivity index (χ2n) is 3.35. The summed E-state index contributed by atoms with van der Waals surface area (Å²) in [4.78, 5) is 11.3. The van der Waals surface area contributed by atoms with E-state index in [4.69, 9.17) is 0 Å². The Morgan fingerprint density at radius 1 is 1.31 bits per heavy atom. The molecule has 0 amide bonds. The topological polar surface area (TPSA) is 46.5 Å². The number of halogens is 1. The second-order valence-corrected chi connectivity index (χ2v) is 3.35. The van der Waals surface area contributed by atoms with Crippen molar-refractivity contribution >= 4 is 16.7 Å². The summed E-state index contributed by atoms with van der Waals surface area (Å²) in [6.07, 6.45) is 0. The minimum absolute atomic E-state index is 0.0714. The maximum absolute atomic E-state index is 13.0. The van der Waals surface area contributed by atoms with Crippen molar-refractivity contribution < 1.29 is 19.0 Å². The Morgan fingerprint density at radius 2 is 2.06 bits per heavy atom. The van der Waals surface area contributed by atoms with Crippen LogP contribution in [0.2, 0.25) is 0 Å². The third-order valence-electron chi connectivity index (χ3n) is 2.31. The zero-order valence-electron chi connectivity index (χ0n) is 8.53. The van der Waals surface area contributed by atoms with Crippen molar-refractivity contribution in [2.45, 2.75) is 0 Å². The monoisotopic (exact) mass is 220 g/mol. The Labute approximate surface area is 91.1 Å². The maximum Gasteiger partial charge on any atom is 0.338 e. The number of ether oxygens (including phenoxy) is 1. The molecule has 4 heteroatoms. The molecule has 2 aromatic rings. The predicted octanol–water partition coefficient (Wildman–Crippen LogP) is 2.47. The number of aromatic hydroxyl groups is 1. The first-order chi connectivity index (χ1) is 7.61. The smallest absolute Gasteiger partial charge is 0.338 e. The van der Waals surface area contributed by atoms with Crippen molar-refractivity contribution in [2.75, 3.05) is 7.11 Å². The molecule has 0 saturated carbocycles. The zero-order valence-corrected chi connectivity index (χ0v) is 8.53. The molecular formula is C12H9FO3. The quantitative estimate of drug-likeness (QED) is 0.751. The summed E-state index contributed by atoms with van der Waals surface area (Å²) < 4.78 is 17.5. The van der Waals surface area contributed by atoms with Gasteiger partial charge in [0.2, 0.25) is 0 Å². The third-order valence-corrected chi connectivity index (χ3v) is 2.31. The first-order valence-electron chi connectivity index (χ1n) is 4.62. The number of methoxy groups -OCH3 is 1. The minimum atomic E-state index is -0.568. The van der Waals surface area contributed by atoms with Crippen molar-refractivity contribution in [3.63, 3.8) is 0 Å². The Bertz CT molecular complexity index is 563. The summed E-state index contributed by atoms with van der Waals surface area (Å²) in [6, 6.07) is 6.73. The van der Waals surface area contributed by atoms with Gasteiger partial charge in [-0.05, 0) is 35.7 Å². The summed E-state index contributed by atoms with van der Waals surface area (Å²) in [6.45, 7) is 0. The fourth-order valence-corrected chi connectivity index (χ4v) is 1.56.